The molecule has 30 heavy (non-hydrogen) atoms. The lowest BCUT2D eigenvalue weighted by Crippen LogP contribution is -2.46. The number of nitrogens with zero attached hydrogens (tertiary/aromatic N) is 3. The topological polar surface area (TPSA) is 86.8 Å². The maximum absolute atomic E-state index is 12.3. The van der Waals surface area contributed by atoms with Crippen molar-refractivity contribution in [2.24, 2.45) is 0 Å². The molecule has 3 rings (SSSR count). The van der Waals surface area contributed by atoms with Crippen molar-refractivity contribution < 1.29 is 14.3 Å². The number of hydrogen-bond donors (Lipinski definition) is 2. The van der Waals surface area contributed by atoms with Crippen LogP contribution in [-0.2, 0) is 20.9 Å². The molecule has 0 unspecified atom stereocenters. The van der Waals surface area contributed by atoms with Crippen molar-refractivity contribution in [1.29, 1.82) is 0 Å². The Morgan fingerprint density at radius 2 is 1.77 bits per heavy atom. The zero-order chi connectivity index (χ0) is 21.3. The second-order valence-corrected chi connectivity index (χ2v) is 7.36. The maximum Gasteiger partial charge on any atom is 0.309 e. The fourth-order valence-electron chi connectivity index (χ4n) is 3.36. The van der Waals surface area contributed by atoms with Crippen LogP contribution >= 0.6 is 0 Å². The Labute approximate surface area is 177 Å². The molecule has 1 aromatic carbocycles. The van der Waals surface area contributed by atoms with Gasteiger partial charge in [0.15, 0.2) is 0 Å². The number of carbonyl (C=O) groups excluding carboxylic acids is 2. The van der Waals surface area contributed by atoms with E-state index in [1.807, 2.05) is 25.1 Å². The van der Waals surface area contributed by atoms with Crippen LogP contribution in [0, 0.1) is 0 Å². The maximum atomic E-state index is 12.3. The van der Waals surface area contributed by atoms with Crippen LogP contribution in [0.1, 0.15) is 17.3 Å². The third-order valence-electron chi connectivity index (χ3n) is 5.10. The SMILES string of the molecule is CN(C)c1ccc([C@@H](CNC(=O)C(=O)NCc2ccccn2)N2CCOCC2)cc1. The molecule has 1 aliphatic rings. The van der Waals surface area contributed by atoms with Crippen LogP contribution in [0.15, 0.2) is 48.7 Å². The molecule has 2 aromatic rings. The largest absolute Gasteiger partial charge is 0.379 e. The number of amides is 2. The van der Waals surface area contributed by atoms with Gasteiger partial charge in [0.05, 0.1) is 31.5 Å². The molecule has 160 valence electrons. The number of nitrogens with one attached hydrogen (secondary N) is 2. The third-order valence-corrected chi connectivity index (χ3v) is 5.10. The number of ether oxygens (including phenoxy) is 1. The molecule has 0 spiro atoms. The van der Waals surface area contributed by atoms with Crippen molar-refractivity contribution in [2.45, 2.75) is 12.6 Å². The molecule has 0 saturated carbocycles. The van der Waals surface area contributed by atoms with Crippen molar-refractivity contribution in [3.8, 4) is 0 Å². The molecule has 2 amide bonds. The van der Waals surface area contributed by atoms with Crippen molar-refractivity contribution in [1.82, 2.24) is 20.5 Å². The molecule has 2 N–H and O–H groups in total. The Morgan fingerprint density at radius 3 is 2.40 bits per heavy atom. The summed E-state index contributed by atoms with van der Waals surface area (Å²) >= 11 is 0. The number of pyridine rings is 1. The Balaban J connectivity index is 1.61. The molecule has 0 radical (unpaired) electrons. The highest BCUT2D eigenvalue weighted by Crippen LogP contribution is 2.23. The van der Waals surface area contributed by atoms with Crippen molar-refractivity contribution in [3.05, 3.63) is 59.9 Å². The zero-order valence-electron chi connectivity index (χ0n) is 17.5. The summed E-state index contributed by atoms with van der Waals surface area (Å²) in [5, 5.41) is 5.40. The summed E-state index contributed by atoms with van der Waals surface area (Å²) < 4.78 is 5.47. The predicted octanol–water partition coefficient (Wildman–Crippen LogP) is 0.954. The van der Waals surface area contributed by atoms with Gasteiger partial charge in [0, 0.05) is 45.6 Å². The fourth-order valence-corrected chi connectivity index (χ4v) is 3.36. The number of aromatic nitrogens is 1. The highest BCUT2D eigenvalue weighted by molar-refractivity contribution is 6.35. The van der Waals surface area contributed by atoms with Gasteiger partial charge in [0.25, 0.3) is 0 Å². The van der Waals surface area contributed by atoms with Gasteiger partial charge in [-0.25, -0.2) is 0 Å². The van der Waals surface area contributed by atoms with Gasteiger partial charge in [-0.15, -0.1) is 0 Å². The van der Waals surface area contributed by atoms with E-state index >= 15 is 0 Å². The molecule has 8 nitrogen and oxygen atoms in total. The van der Waals surface area contributed by atoms with E-state index in [9.17, 15) is 9.59 Å². The summed E-state index contributed by atoms with van der Waals surface area (Å²) in [4.78, 5) is 33.0. The van der Waals surface area contributed by atoms with Crippen molar-refractivity contribution in [2.75, 3.05) is 51.8 Å². The summed E-state index contributed by atoms with van der Waals surface area (Å²) in [6.07, 6.45) is 1.65. The van der Waals surface area contributed by atoms with E-state index in [-0.39, 0.29) is 12.6 Å². The molecular formula is C22H29N5O3. The van der Waals surface area contributed by atoms with Crippen LogP contribution in [-0.4, -0.2) is 68.6 Å². The van der Waals surface area contributed by atoms with Crippen LogP contribution in [0.3, 0.4) is 0 Å². The van der Waals surface area contributed by atoms with E-state index in [2.05, 4.69) is 44.8 Å². The predicted molar refractivity (Wildman–Crippen MR) is 115 cm³/mol. The Bertz CT molecular complexity index is 820. The molecule has 1 fully saturated rings. The molecular weight excluding hydrogens is 382 g/mol. The van der Waals surface area contributed by atoms with Crippen LogP contribution in [0.4, 0.5) is 5.69 Å². The lowest BCUT2D eigenvalue weighted by atomic mass is 10.0. The Hall–Kier alpha value is -2.97. The second-order valence-electron chi connectivity index (χ2n) is 7.36. The standard InChI is InChI=1S/C22H29N5O3/c1-26(2)19-8-6-17(7-9-19)20(27-11-13-30-14-12-27)16-25-22(29)21(28)24-15-18-5-3-4-10-23-18/h3-10,20H,11-16H2,1-2H3,(H,24,28)(H,25,29)/t20-/m1/s1. The number of anilines is 1. The first-order valence-electron chi connectivity index (χ1n) is 10.1. The molecule has 2 heterocycles. The lowest BCUT2D eigenvalue weighted by molar-refractivity contribution is -0.139. The highest BCUT2D eigenvalue weighted by atomic mass is 16.5. The number of morpholine rings is 1. The van der Waals surface area contributed by atoms with Gasteiger partial charge in [0.1, 0.15) is 0 Å². The Kier molecular flexibility index (Phi) is 7.75. The first kappa shape index (κ1) is 21.7. The monoisotopic (exact) mass is 411 g/mol. The first-order valence-corrected chi connectivity index (χ1v) is 10.1. The van der Waals surface area contributed by atoms with Crippen LogP contribution in [0.25, 0.3) is 0 Å². The minimum atomic E-state index is -0.663. The van der Waals surface area contributed by atoms with Gasteiger partial charge < -0.3 is 20.3 Å². The van der Waals surface area contributed by atoms with E-state index in [0.29, 0.717) is 25.5 Å². The lowest BCUT2D eigenvalue weighted by Gasteiger charge is -2.35. The van der Waals surface area contributed by atoms with Crippen molar-refractivity contribution >= 4 is 17.5 Å². The summed E-state index contributed by atoms with van der Waals surface area (Å²) in [7, 11) is 4.00. The van der Waals surface area contributed by atoms with Crippen LogP contribution < -0.4 is 15.5 Å². The molecule has 0 aliphatic carbocycles. The van der Waals surface area contributed by atoms with Gasteiger partial charge in [-0.2, -0.15) is 0 Å². The van der Waals surface area contributed by atoms with Gasteiger partial charge in [0.2, 0.25) is 0 Å². The third kappa shape index (κ3) is 6.01. The number of rotatable bonds is 7. The smallest absolute Gasteiger partial charge is 0.309 e. The summed E-state index contributed by atoms with van der Waals surface area (Å²) in [5.41, 5.74) is 2.90. The van der Waals surface area contributed by atoms with Gasteiger partial charge in [-0.05, 0) is 29.8 Å². The van der Waals surface area contributed by atoms with Gasteiger partial charge in [-0.3, -0.25) is 19.5 Å². The van der Waals surface area contributed by atoms with Gasteiger partial charge in [-0.1, -0.05) is 18.2 Å². The first-order chi connectivity index (χ1) is 14.5. The van der Waals surface area contributed by atoms with Crippen LogP contribution in [0.2, 0.25) is 0 Å². The van der Waals surface area contributed by atoms with Gasteiger partial charge >= 0.3 is 11.8 Å². The van der Waals surface area contributed by atoms with E-state index in [4.69, 9.17) is 4.74 Å². The molecule has 1 aliphatic heterocycles. The quantitative estimate of drug-likeness (QED) is 0.660. The normalized spacial score (nSPS) is 15.3. The minimum absolute atomic E-state index is 0.0300. The average molecular weight is 412 g/mol. The molecule has 1 saturated heterocycles. The van der Waals surface area contributed by atoms with E-state index in [0.717, 1.165) is 24.3 Å². The highest BCUT2D eigenvalue weighted by Gasteiger charge is 2.24. The Morgan fingerprint density at radius 1 is 1.07 bits per heavy atom. The van der Waals surface area contributed by atoms with Crippen LogP contribution in [0.5, 0.6) is 0 Å². The summed E-state index contributed by atoms with van der Waals surface area (Å²) in [5.74, 6) is -1.31. The molecule has 8 heteroatoms. The average Bonchev–Trinajstić information content (AvgIpc) is 2.79. The minimum Gasteiger partial charge on any atom is -0.379 e. The molecule has 1 atom stereocenters. The fraction of sp³-hybridized carbons (Fsp3) is 0.409. The van der Waals surface area contributed by atoms with Crippen molar-refractivity contribution in [3.63, 3.8) is 0 Å². The second kappa shape index (κ2) is 10.7. The zero-order valence-corrected chi connectivity index (χ0v) is 17.5. The number of hydrogen-bond acceptors (Lipinski definition) is 6. The number of carbonyl (C=O) groups is 2. The van der Waals surface area contributed by atoms with E-state index < -0.39 is 11.8 Å². The van der Waals surface area contributed by atoms with E-state index in [1.54, 1.807) is 18.3 Å². The molecule has 1 aromatic heterocycles. The number of benzene rings is 1. The summed E-state index contributed by atoms with van der Waals surface area (Å²) in [6.45, 7) is 3.43. The van der Waals surface area contributed by atoms with E-state index in [1.165, 1.54) is 0 Å². The molecule has 0 bridgehead atoms. The summed E-state index contributed by atoms with van der Waals surface area (Å²) in [6, 6.07) is 13.7.